The topological polar surface area (TPSA) is 54.8 Å². The molecule has 0 aliphatic carbocycles. The Morgan fingerprint density at radius 1 is 1.07 bits per heavy atom. The number of hydrogen-bond acceptors (Lipinski definition) is 4. The number of piperazine rings is 1. The van der Waals surface area contributed by atoms with Crippen LogP contribution in [0.1, 0.15) is 28.5 Å². The Morgan fingerprint density at radius 3 is 2.52 bits per heavy atom. The third-order valence-electron chi connectivity index (χ3n) is 5.40. The molecule has 1 aliphatic rings. The van der Waals surface area contributed by atoms with Gasteiger partial charge in [-0.3, -0.25) is 4.79 Å². The third kappa shape index (κ3) is 3.87. The smallest absolute Gasteiger partial charge is 0.409 e. The first kappa shape index (κ1) is 19.5. The van der Waals surface area contributed by atoms with Crippen molar-refractivity contribution in [1.29, 1.82) is 0 Å². The van der Waals surface area contributed by atoms with E-state index in [1.807, 2.05) is 23.1 Å². The maximum absolute atomic E-state index is 13.3. The van der Waals surface area contributed by atoms with E-state index in [2.05, 4.69) is 35.1 Å². The molecule has 0 bridgehead atoms. The van der Waals surface area contributed by atoms with Gasteiger partial charge in [-0.1, -0.05) is 24.3 Å². The molecular formula is C22H25N3O3S. The van der Waals surface area contributed by atoms with E-state index in [0.29, 0.717) is 45.0 Å². The zero-order valence-electron chi connectivity index (χ0n) is 16.8. The van der Waals surface area contributed by atoms with Crippen LogP contribution in [0.4, 0.5) is 4.79 Å². The number of aromatic nitrogens is 1. The van der Waals surface area contributed by atoms with Gasteiger partial charge in [0.15, 0.2) is 0 Å². The highest BCUT2D eigenvalue weighted by molar-refractivity contribution is 7.16. The van der Waals surface area contributed by atoms with Crippen LogP contribution in [0.15, 0.2) is 41.8 Å². The SMILES string of the molecule is CCOC(=O)N1CCN(C(=O)c2cc3ccsc3n2Cc2ccccc2C)CC1. The second kappa shape index (κ2) is 8.29. The molecule has 3 heterocycles. The van der Waals surface area contributed by atoms with Crippen LogP contribution >= 0.6 is 11.3 Å². The summed E-state index contributed by atoms with van der Waals surface area (Å²) in [5, 5.41) is 3.16. The summed E-state index contributed by atoms with van der Waals surface area (Å²) in [7, 11) is 0. The Kier molecular flexibility index (Phi) is 5.58. The summed E-state index contributed by atoms with van der Waals surface area (Å²) in [6.07, 6.45) is -0.303. The Labute approximate surface area is 174 Å². The van der Waals surface area contributed by atoms with Crippen LogP contribution < -0.4 is 0 Å². The van der Waals surface area contributed by atoms with Gasteiger partial charge in [-0.25, -0.2) is 4.79 Å². The van der Waals surface area contributed by atoms with Crippen molar-refractivity contribution in [3.05, 3.63) is 58.6 Å². The van der Waals surface area contributed by atoms with Gasteiger partial charge in [0, 0.05) is 38.1 Å². The molecule has 2 amide bonds. The number of rotatable bonds is 4. The predicted octanol–water partition coefficient (Wildman–Crippen LogP) is 3.97. The average molecular weight is 412 g/mol. The monoisotopic (exact) mass is 411 g/mol. The highest BCUT2D eigenvalue weighted by atomic mass is 32.1. The van der Waals surface area contributed by atoms with Crippen molar-refractivity contribution in [3.8, 4) is 0 Å². The molecule has 0 N–H and O–H groups in total. The number of benzene rings is 1. The molecule has 1 aliphatic heterocycles. The van der Waals surface area contributed by atoms with E-state index >= 15 is 0 Å². The molecule has 0 spiro atoms. The molecular weight excluding hydrogens is 386 g/mol. The van der Waals surface area contributed by atoms with Gasteiger partial charge in [0.25, 0.3) is 5.91 Å². The highest BCUT2D eigenvalue weighted by Crippen LogP contribution is 2.28. The van der Waals surface area contributed by atoms with Crippen molar-refractivity contribution in [3.63, 3.8) is 0 Å². The summed E-state index contributed by atoms with van der Waals surface area (Å²) >= 11 is 1.66. The summed E-state index contributed by atoms with van der Waals surface area (Å²) in [5.41, 5.74) is 3.13. The minimum absolute atomic E-state index is 0.0190. The van der Waals surface area contributed by atoms with Gasteiger partial charge in [-0.15, -0.1) is 11.3 Å². The Morgan fingerprint density at radius 2 is 1.79 bits per heavy atom. The second-order valence-corrected chi connectivity index (χ2v) is 8.10. The summed E-state index contributed by atoms with van der Waals surface area (Å²) < 4.78 is 7.20. The standard InChI is InChI=1S/C22H25N3O3S/c1-3-28-22(27)24-11-9-23(10-12-24)20(26)19-14-17-8-13-29-21(17)25(19)15-18-7-5-4-6-16(18)2/h4-8,13-14H,3,9-12,15H2,1-2H3. The minimum atomic E-state index is -0.303. The average Bonchev–Trinajstić information content (AvgIpc) is 3.32. The van der Waals surface area contributed by atoms with E-state index in [9.17, 15) is 9.59 Å². The van der Waals surface area contributed by atoms with E-state index < -0.39 is 0 Å². The molecule has 0 atom stereocenters. The summed E-state index contributed by atoms with van der Waals surface area (Å²) in [6, 6.07) is 12.3. The summed E-state index contributed by atoms with van der Waals surface area (Å²) in [6.45, 7) is 6.95. The van der Waals surface area contributed by atoms with Crippen LogP contribution in [0.25, 0.3) is 10.2 Å². The maximum Gasteiger partial charge on any atom is 0.409 e. The van der Waals surface area contributed by atoms with Gasteiger partial charge >= 0.3 is 6.09 Å². The predicted molar refractivity (Wildman–Crippen MR) is 115 cm³/mol. The Hall–Kier alpha value is -2.80. The first-order chi connectivity index (χ1) is 14.1. The quantitative estimate of drug-likeness (QED) is 0.653. The van der Waals surface area contributed by atoms with Crippen LogP contribution in [0.5, 0.6) is 0 Å². The first-order valence-corrected chi connectivity index (χ1v) is 10.8. The number of nitrogens with zero attached hydrogens (tertiary/aromatic N) is 3. The fraction of sp³-hybridized carbons (Fsp3) is 0.364. The molecule has 0 unspecified atom stereocenters. The van der Waals surface area contributed by atoms with E-state index in [4.69, 9.17) is 4.74 Å². The second-order valence-electron chi connectivity index (χ2n) is 7.20. The van der Waals surface area contributed by atoms with E-state index in [-0.39, 0.29) is 12.0 Å². The Bertz CT molecular complexity index is 1030. The number of aryl methyl sites for hydroxylation is 1. The lowest BCUT2D eigenvalue weighted by Crippen LogP contribution is -2.51. The molecule has 6 nitrogen and oxygen atoms in total. The summed E-state index contributed by atoms with van der Waals surface area (Å²) in [4.78, 5) is 29.9. The van der Waals surface area contributed by atoms with Gasteiger partial charge in [0.2, 0.25) is 0 Å². The number of amides is 2. The summed E-state index contributed by atoms with van der Waals surface area (Å²) in [5.74, 6) is 0.0190. The number of ether oxygens (including phenoxy) is 1. The largest absolute Gasteiger partial charge is 0.450 e. The van der Waals surface area contributed by atoms with Crippen LogP contribution in [0, 0.1) is 6.92 Å². The van der Waals surface area contributed by atoms with Gasteiger partial charge in [-0.05, 0) is 42.5 Å². The van der Waals surface area contributed by atoms with E-state index in [1.165, 1.54) is 11.1 Å². The fourth-order valence-electron chi connectivity index (χ4n) is 3.74. The maximum atomic E-state index is 13.3. The third-order valence-corrected chi connectivity index (χ3v) is 6.36. The number of thiophene rings is 1. The van der Waals surface area contributed by atoms with Crippen molar-refractivity contribution in [1.82, 2.24) is 14.4 Å². The highest BCUT2D eigenvalue weighted by Gasteiger charge is 2.28. The lowest BCUT2D eigenvalue weighted by atomic mass is 10.1. The Balaban J connectivity index is 1.56. The molecule has 2 aromatic heterocycles. The van der Waals surface area contributed by atoms with Crippen LogP contribution in [0.2, 0.25) is 0 Å². The van der Waals surface area contributed by atoms with Gasteiger partial charge < -0.3 is 19.1 Å². The van der Waals surface area contributed by atoms with E-state index in [0.717, 1.165) is 10.2 Å². The van der Waals surface area contributed by atoms with Crippen molar-refractivity contribution < 1.29 is 14.3 Å². The van der Waals surface area contributed by atoms with E-state index in [1.54, 1.807) is 23.2 Å². The number of carbonyl (C=O) groups is 2. The number of hydrogen-bond donors (Lipinski definition) is 0. The molecule has 1 aromatic carbocycles. The zero-order valence-corrected chi connectivity index (χ0v) is 17.6. The molecule has 4 rings (SSSR count). The van der Waals surface area contributed by atoms with Crippen molar-refractivity contribution >= 4 is 33.6 Å². The lowest BCUT2D eigenvalue weighted by Gasteiger charge is -2.34. The molecule has 0 radical (unpaired) electrons. The molecule has 29 heavy (non-hydrogen) atoms. The van der Waals surface area contributed by atoms with Crippen LogP contribution in [-0.2, 0) is 11.3 Å². The first-order valence-electron chi connectivity index (χ1n) is 9.90. The molecule has 3 aromatic rings. The zero-order chi connectivity index (χ0) is 20.4. The van der Waals surface area contributed by atoms with Gasteiger partial charge in [0.05, 0.1) is 6.61 Å². The number of carbonyl (C=O) groups excluding carboxylic acids is 2. The van der Waals surface area contributed by atoms with Crippen LogP contribution in [-0.4, -0.2) is 59.2 Å². The molecule has 0 saturated carbocycles. The molecule has 1 fully saturated rings. The lowest BCUT2D eigenvalue weighted by molar-refractivity contribution is 0.0563. The molecule has 1 saturated heterocycles. The minimum Gasteiger partial charge on any atom is -0.450 e. The molecule has 7 heteroatoms. The fourth-order valence-corrected chi connectivity index (χ4v) is 4.63. The van der Waals surface area contributed by atoms with Crippen molar-refractivity contribution in [2.45, 2.75) is 20.4 Å². The number of fused-ring (bicyclic) bond motifs is 1. The molecule has 152 valence electrons. The van der Waals surface area contributed by atoms with Gasteiger partial charge in [-0.2, -0.15) is 0 Å². The van der Waals surface area contributed by atoms with Crippen molar-refractivity contribution in [2.75, 3.05) is 32.8 Å². The van der Waals surface area contributed by atoms with Crippen molar-refractivity contribution in [2.24, 2.45) is 0 Å². The van der Waals surface area contributed by atoms with Gasteiger partial charge in [0.1, 0.15) is 10.5 Å². The van der Waals surface area contributed by atoms with Crippen LogP contribution in [0.3, 0.4) is 0 Å². The normalized spacial score (nSPS) is 14.4.